The number of nitrogens with zero attached hydrogens (tertiary/aromatic N) is 4. The molecule has 2 saturated heterocycles. The van der Waals surface area contributed by atoms with Gasteiger partial charge in [0, 0.05) is 43.3 Å². The summed E-state index contributed by atoms with van der Waals surface area (Å²) >= 11 is 0. The van der Waals surface area contributed by atoms with Crippen LogP contribution in [0, 0.1) is 13.8 Å². The molecule has 1 aromatic heterocycles. The highest BCUT2D eigenvalue weighted by atomic mass is 16.1. The van der Waals surface area contributed by atoms with E-state index in [1.54, 1.807) is 0 Å². The molecule has 28 heavy (non-hydrogen) atoms. The first-order valence-corrected chi connectivity index (χ1v) is 10.7. The standard InChI is InChI=1S/C23H28N4O/c1-15-13-17(26-9-5-3-6-10-26)20-19(28)14-18(27-11-7-4-8-12-27)23-21(20)22(15)24-16(2)25-23/h13-14H,3-12H2,1-2H3. The van der Waals surface area contributed by atoms with Gasteiger partial charge in [0.15, 0.2) is 5.78 Å². The maximum Gasteiger partial charge on any atom is 0.190 e. The van der Waals surface area contributed by atoms with Crippen molar-refractivity contribution in [3.63, 3.8) is 0 Å². The Morgan fingerprint density at radius 3 is 2.18 bits per heavy atom. The molecule has 5 rings (SSSR count). The third-order valence-corrected chi connectivity index (χ3v) is 6.40. The molecule has 3 heterocycles. The van der Waals surface area contributed by atoms with Gasteiger partial charge in [0.05, 0.1) is 22.5 Å². The fraction of sp³-hybridized carbons (Fsp3) is 0.522. The number of benzene rings is 1. The number of hydrogen-bond donors (Lipinski definition) is 0. The quantitative estimate of drug-likeness (QED) is 0.784. The van der Waals surface area contributed by atoms with Crippen LogP contribution in [0.25, 0.3) is 16.6 Å². The molecule has 0 bridgehead atoms. The summed E-state index contributed by atoms with van der Waals surface area (Å²) in [6.45, 7) is 8.13. The highest BCUT2D eigenvalue weighted by Crippen LogP contribution is 2.40. The molecule has 0 saturated carbocycles. The number of carbonyl (C=O) groups is 1. The molecule has 2 fully saturated rings. The molecular weight excluding hydrogens is 348 g/mol. The lowest BCUT2D eigenvalue weighted by Gasteiger charge is -2.35. The van der Waals surface area contributed by atoms with E-state index in [1.165, 1.54) is 38.5 Å². The number of aryl methyl sites for hydroxylation is 2. The van der Waals surface area contributed by atoms with Gasteiger partial charge >= 0.3 is 0 Å². The smallest absolute Gasteiger partial charge is 0.190 e. The zero-order chi connectivity index (χ0) is 19.3. The van der Waals surface area contributed by atoms with Gasteiger partial charge in [-0.2, -0.15) is 0 Å². The molecule has 0 radical (unpaired) electrons. The van der Waals surface area contributed by atoms with Gasteiger partial charge in [0.1, 0.15) is 5.82 Å². The topological polar surface area (TPSA) is 49.3 Å². The van der Waals surface area contributed by atoms with Crippen molar-refractivity contribution < 1.29 is 4.79 Å². The van der Waals surface area contributed by atoms with Crippen LogP contribution in [-0.4, -0.2) is 46.8 Å². The van der Waals surface area contributed by atoms with E-state index in [1.807, 2.05) is 13.0 Å². The van der Waals surface area contributed by atoms with Crippen LogP contribution in [0.3, 0.4) is 0 Å². The maximum absolute atomic E-state index is 13.4. The highest BCUT2D eigenvalue weighted by molar-refractivity contribution is 6.24. The molecule has 3 aliphatic rings. The van der Waals surface area contributed by atoms with Crippen molar-refractivity contribution in [2.75, 3.05) is 31.1 Å². The number of ketones is 1. The van der Waals surface area contributed by atoms with E-state index >= 15 is 0 Å². The molecule has 1 aliphatic carbocycles. The summed E-state index contributed by atoms with van der Waals surface area (Å²) in [5, 5.41) is 0.972. The van der Waals surface area contributed by atoms with Crippen molar-refractivity contribution in [3.05, 3.63) is 34.8 Å². The number of piperidine rings is 2. The highest BCUT2D eigenvalue weighted by Gasteiger charge is 2.31. The van der Waals surface area contributed by atoms with Gasteiger partial charge < -0.3 is 9.80 Å². The lowest BCUT2D eigenvalue weighted by molar-refractivity contribution is 0.104. The van der Waals surface area contributed by atoms with E-state index in [2.05, 4.69) is 22.8 Å². The number of rotatable bonds is 2. The summed E-state index contributed by atoms with van der Waals surface area (Å²) in [4.78, 5) is 27.8. The van der Waals surface area contributed by atoms with Crippen LogP contribution in [0.1, 0.15) is 66.0 Å². The average molecular weight is 377 g/mol. The first-order valence-electron chi connectivity index (χ1n) is 10.7. The lowest BCUT2D eigenvalue weighted by Crippen LogP contribution is -2.33. The van der Waals surface area contributed by atoms with Crippen LogP contribution < -0.4 is 4.90 Å². The Labute approximate surface area is 166 Å². The molecule has 146 valence electrons. The summed E-state index contributed by atoms with van der Waals surface area (Å²) in [5.41, 5.74) is 5.94. The van der Waals surface area contributed by atoms with E-state index in [9.17, 15) is 4.79 Å². The summed E-state index contributed by atoms with van der Waals surface area (Å²) in [6.07, 6.45) is 9.13. The molecule has 0 spiro atoms. The zero-order valence-corrected chi connectivity index (χ0v) is 16.9. The number of anilines is 1. The summed E-state index contributed by atoms with van der Waals surface area (Å²) < 4.78 is 0. The molecular formula is C23H28N4O. The normalized spacial score (nSPS) is 19.9. The first kappa shape index (κ1) is 17.7. The van der Waals surface area contributed by atoms with Gasteiger partial charge in [0.2, 0.25) is 0 Å². The second-order valence-corrected chi connectivity index (χ2v) is 8.42. The van der Waals surface area contributed by atoms with E-state index in [4.69, 9.17) is 9.97 Å². The second-order valence-electron chi connectivity index (χ2n) is 8.42. The van der Waals surface area contributed by atoms with Crippen molar-refractivity contribution in [1.29, 1.82) is 0 Å². The minimum Gasteiger partial charge on any atom is -0.371 e. The largest absolute Gasteiger partial charge is 0.371 e. The fourth-order valence-corrected chi connectivity index (χ4v) is 5.03. The van der Waals surface area contributed by atoms with E-state index < -0.39 is 0 Å². The first-order chi connectivity index (χ1) is 13.6. The van der Waals surface area contributed by atoms with Gasteiger partial charge in [-0.1, -0.05) is 0 Å². The van der Waals surface area contributed by atoms with Crippen molar-refractivity contribution in [2.45, 2.75) is 52.4 Å². The predicted molar refractivity (Wildman–Crippen MR) is 113 cm³/mol. The Morgan fingerprint density at radius 2 is 1.50 bits per heavy atom. The van der Waals surface area contributed by atoms with Gasteiger partial charge in [-0.3, -0.25) is 4.79 Å². The Morgan fingerprint density at radius 1 is 0.857 bits per heavy atom. The van der Waals surface area contributed by atoms with Crippen LogP contribution in [0.15, 0.2) is 12.1 Å². The van der Waals surface area contributed by atoms with Crippen LogP contribution in [-0.2, 0) is 0 Å². The number of carbonyl (C=O) groups excluding carboxylic acids is 1. The van der Waals surface area contributed by atoms with Crippen molar-refractivity contribution in [2.24, 2.45) is 0 Å². The van der Waals surface area contributed by atoms with Gasteiger partial charge in [-0.25, -0.2) is 9.97 Å². The number of aromatic nitrogens is 2. The molecule has 0 amide bonds. The molecule has 2 aromatic rings. The van der Waals surface area contributed by atoms with Crippen LogP contribution >= 0.6 is 0 Å². The van der Waals surface area contributed by atoms with Gasteiger partial charge in [-0.15, -0.1) is 0 Å². The van der Waals surface area contributed by atoms with Crippen molar-refractivity contribution >= 4 is 28.1 Å². The third-order valence-electron chi connectivity index (χ3n) is 6.40. The molecule has 0 atom stereocenters. The Hall–Kier alpha value is -2.43. The Balaban J connectivity index is 1.75. The fourth-order valence-electron chi connectivity index (χ4n) is 5.03. The maximum atomic E-state index is 13.4. The Bertz CT molecular complexity index is 982. The Kier molecular flexibility index (Phi) is 4.33. The summed E-state index contributed by atoms with van der Waals surface area (Å²) in [7, 11) is 0. The molecule has 0 unspecified atom stereocenters. The summed E-state index contributed by atoms with van der Waals surface area (Å²) in [5.74, 6) is 0.894. The summed E-state index contributed by atoms with van der Waals surface area (Å²) in [6, 6.07) is 2.18. The molecule has 5 nitrogen and oxygen atoms in total. The van der Waals surface area contributed by atoms with E-state index in [0.717, 1.165) is 71.1 Å². The minimum absolute atomic E-state index is 0.117. The third kappa shape index (κ3) is 2.79. The number of hydrogen-bond acceptors (Lipinski definition) is 5. The van der Waals surface area contributed by atoms with Gasteiger partial charge in [0.25, 0.3) is 0 Å². The average Bonchev–Trinajstić information content (AvgIpc) is 2.72. The van der Waals surface area contributed by atoms with Crippen molar-refractivity contribution in [1.82, 2.24) is 14.9 Å². The van der Waals surface area contributed by atoms with Crippen LogP contribution in [0.2, 0.25) is 0 Å². The zero-order valence-electron chi connectivity index (χ0n) is 16.9. The SMILES string of the molecule is Cc1nc2c3c(c(N4CCCCC4)cc(C)c3n1)C(=O)C=C2N1CCCCC1. The number of allylic oxidation sites excluding steroid dienone is 1. The monoisotopic (exact) mass is 376 g/mol. The van der Waals surface area contributed by atoms with Crippen LogP contribution in [0.5, 0.6) is 0 Å². The molecule has 2 aliphatic heterocycles. The van der Waals surface area contributed by atoms with E-state index in [-0.39, 0.29) is 5.78 Å². The van der Waals surface area contributed by atoms with Gasteiger partial charge in [-0.05, 0) is 64.0 Å². The lowest BCUT2D eigenvalue weighted by atomic mass is 9.90. The predicted octanol–water partition coefficient (Wildman–Crippen LogP) is 4.26. The van der Waals surface area contributed by atoms with Crippen molar-refractivity contribution in [3.8, 4) is 0 Å². The van der Waals surface area contributed by atoms with Crippen LogP contribution in [0.4, 0.5) is 5.69 Å². The second kappa shape index (κ2) is 6.87. The molecule has 0 N–H and O–H groups in total. The number of likely N-dealkylation sites (tertiary alicyclic amines) is 1. The minimum atomic E-state index is 0.117. The van der Waals surface area contributed by atoms with E-state index in [0.29, 0.717) is 0 Å². The molecule has 5 heteroatoms. The molecule has 1 aromatic carbocycles.